The van der Waals surface area contributed by atoms with Crippen LogP contribution in [0.15, 0.2) is 41.0 Å². The Bertz CT molecular complexity index is 862. The van der Waals surface area contributed by atoms with E-state index in [4.69, 9.17) is 13.9 Å². The molecule has 1 aromatic carbocycles. The molecule has 0 bridgehead atoms. The molecular weight excluding hydrogens is 284 g/mol. The van der Waals surface area contributed by atoms with Gasteiger partial charge >= 0.3 is 0 Å². The summed E-state index contributed by atoms with van der Waals surface area (Å²) in [5.74, 6) is 1.30. The third-order valence-electron chi connectivity index (χ3n) is 3.79. The predicted molar refractivity (Wildman–Crippen MR) is 78.9 cm³/mol. The van der Waals surface area contributed by atoms with Crippen LogP contribution in [0.1, 0.15) is 16.1 Å². The van der Waals surface area contributed by atoms with E-state index in [0.717, 1.165) is 16.8 Å². The van der Waals surface area contributed by atoms with Crippen molar-refractivity contribution in [3.8, 4) is 11.5 Å². The maximum Gasteiger partial charge on any atom is 0.268 e. The average molecular weight is 298 g/mol. The summed E-state index contributed by atoms with van der Waals surface area (Å²) in [5.41, 5.74) is 3.12. The molecule has 0 unspecified atom stereocenters. The number of hydrogen-bond acceptors (Lipinski definition) is 4. The molecule has 0 atom stereocenters. The second-order valence-corrected chi connectivity index (χ2v) is 5.13. The zero-order valence-electron chi connectivity index (χ0n) is 12.0. The smallest absolute Gasteiger partial charge is 0.268 e. The molecule has 6 nitrogen and oxygen atoms in total. The van der Waals surface area contributed by atoms with Gasteiger partial charge in [0.25, 0.3) is 5.91 Å². The van der Waals surface area contributed by atoms with E-state index in [2.05, 4.69) is 5.32 Å². The number of aromatic nitrogens is 1. The van der Waals surface area contributed by atoms with Gasteiger partial charge in [0, 0.05) is 25.7 Å². The Morgan fingerprint density at radius 3 is 2.95 bits per heavy atom. The SMILES string of the molecule is Cn1c(C(=O)NCc2ccc3c(c2)OCO3)cc2occc21. The molecule has 4 rings (SSSR count). The number of furan rings is 1. The molecule has 0 aliphatic carbocycles. The maximum absolute atomic E-state index is 12.3. The van der Waals surface area contributed by atoms with Crippen molar-refractivity contribution in [2.24, 2.45) is 7.05 Å². The molecule has 0 saturated carbocycles. The van der Waals surface area contributed by atoms with Crippen molar-refractivity contribution in [1.82, 2.24) is 9.88 Å². The number of hydrogen-bond donors (Lipinski definition) is 1. The fourth-order valence-corrected chi connectivity index (χ4v) is 2.59. The number of rotatable bonds is 3. The van der Waals surface area contributed by atoms with Gasteiger partial charge in [-0.3, -0.25) is 4.79 Å². The molecule has 2 aromatic heterocycles. The fraction of sp³-hybridized carbons (Fsp3) is 0.188. The summed E-state index contributed by atoms with van der Waals surface area (Å²) < 4.78 is 17.7. The zero-order valence-corrected chi connectivity index (χ0v) is 12.0. The first-order valence-electron chi connectivity index (χ1n) is 6.92. The Kier molecular flexibility index (Phi) is 2.82. The van der Waals surface area contributed by atoms with Crippen LogP contribution in [-0.4, -0.2) is 17.3 Å². The molecule has 3 aromatic rings. The minimum atomic E-state index is -0.147. The zero-order chi connectivity index (χ0) is 15.1. The summed E-state index contributed by atoms with van der Waals surface area (Å²) in [6, 6.07) is 9.21. The summed E-state index contributed by atoms with van der Waals surface area (Å²) in [7, 11) is 1.84. The molecule has 1 amide bonds. The number of carbonyl (C=O) groups is 1. The lowest BCUT2D eigenvalue weighted by atomic mass is 10.2. The number of ether oxygens (including phenoxy) is 2. The van der Waals surface area contributed by atoms with E-state index in [1.807, 2.05) is 35.9 Å². The van der Waals surface area contributed by atoms with E-state index in [-0.39, 0.29) is 12.7 Å². The maximum atomic E-state index is 12.3. The van der Waals surface area contributed by atoms with Crippen molar-refractivity contribution in [2.75, 3.05) is 6.79 Å². The molecule has 1 aliphatic rings. The number of nitrogens with zero attached hydrogens (tertiary/aromatic N) is 1. The van der Waals surface area contributed by atoms with Crippen molar-refractivity contribution >= 4 is 17.0 Å². The van der Waals surface area contributed by atoms with E-state index >= 15 is 0 Å². The Labute approximate surface area is 126 Å². The minimum absolute atomic E-state index is 0.147. The van der Waals surface area contributed by atoms with E-state index in [1.54, 1.807) is 12.3 Å². The third-order valence-corrected chi connectivity index (χ3v) is 3.79. The summed E-state index contributed by atoms with van der Waals surface area (Å²) in [6.07, 6.45) is 1.61. The lowest BCUT2D eigenvalue weighted by Gasteiger charge is -2.07. The van der Waals surface area contributed by atoms with Gasteiger partial charge in [-0.2, -0.15) is 0 Å². The van der Waals surface area contributed by atoms with E-state index < -0.39 is 0 Å². The van der Waals surface area contributed by atoms with Gasteiger partial charge < -0.3 is 23.8 Å². The molecule has 0 radical (unpaired) electrons. The molecular formula is C16H14N2O4. The molecule has 0 fully saturated rings. The molecule has 0 spiro atoms. The highest BCUT2D eigenvalue weighted by Gasteiger charge is 2.16. The van der Waals surface area contributed by atoms with Gasteiger partial charge in [0.1, 0.15) is 5.69 Å². The van der Waals surface area contributed by atoms with Crippen LogP contribution in [0.2, 0.25) is 0 Å². The van der Waals surface area contributed by atoms with Gasteiger partial charge in [0.15, 0.2) is 17.1 Å². The highest BCUT2D eigenvalue weighted by atomic mass is 16.7. The van der Waals surface area contributed by atoms with Crippen molar-refractivity contribution in [3.05, 3.63) is 47.9 Å². The van der Waals surface area contributed by atoms with Crippen LogP contribution in [0, 0.1) is 0 Å². The van der Waals surface area contributed by atoms with Crippen molar-refractivity contribution in [3.63, 3.8) is 0 Å². The highest BCUT2D eigenvalue weighted by Crippen LogP contribution is 2.32. The molecule has 0 saturated heterocycles. The second-order valence-electron chi connectivity index (χ2n) is 5.13. The van der Waals surface area contributed by atoms with Crippen LogP contribution in [0.4, 0.5) is 0 Å². The van der Waals surface area contributed by atoms with Crippen LogP contribution >= 0.6 is 0 Å². The number of nitrogens with one attached hydrogen (secondary N) is 1. The second kappa shape index (κ2) is 4.84. The Morgan fingerprint density at radius 2 is 2.09 bits per heavy atom. The first-order chi connectivity index (χ1) is 10.7. The quantitative estimate of drug-likeness (QED) is 0.806. The fourth-order valence-electron chi connectivity index (χ4n) is 2.59. The largest absolute Gasteiger partial charge is 0.463 e. The highest BCUT2D eigenvalue weighted by molar-refractivity contribution is 5.97. The molecule has 6 heteroatoms. The number of aryl methyl sites for hydroxylation is 1. The standard InChI is InChI=1S/C16H14N2O4/c1-18-11-4-5-20-14(11)7-12(18)16(19)17-8-10-2-3-13-15(6-10)22-9-21-13/h2-7H,8-9H2,1H3,(H,17,19). The van der Waals surface area contributed by atoms with E-state index in [9.17, 15) is 4.79 Å². The molecule has 112 valence electrons. The van der Waals surface area contributed by atoms with Gasteiger partial charge in [0.05, 0.1) is 11.8 Å². The van der Waals surface area contributed by atoms with Crippen molar-refractivity contribution in [1.29, 1.82) is 0 Å². The first-order valence-corrected chi connectivity index (χ1v) is 6.92. The van der Waals surface area contributed by atoms with Gasteiger partial charge in [-0.15, -0.1) is 0 Å². The third kappa shape index (κ3) is 2.00. The first kappa shape index (κ1) is 12.8. The van der Waals surface area contributed by atoms with Crippen molar-refractivity contribution in [2.45, 2.75) is 6.54 Å². The Hall–Kier alpha value is -2.89. The average Bonchev–Trinajstić information content (AvgIpc) is 3.22. The number of amides is 1. The molecule has 1 aliphatic heterocycles. The normalized spacial score (nSPS) is 12.8. The van der Waals surface area contributed by atoms with Crippen molar-refractivity contribution < 1.29 is 18.7 Å². The van der Waals surface area contributed by atoms with Crippen LogP contribution in [0.5, 0.6) is 11.5 Å². The summed E-state index contributed by atoms with van der Waals surface area (Å²) in [5, 5.41) is 2.90. The molecule has 1 N–H and O–H groups in total. The summed E-state index contributed by atoms with van der Waals surface area (Å²) in [6.45, 7) is 0.662. The number of fused-ring (bicyclic) bond motifs is 2. The van der Waals surface area contributed by atoms with Gasteiger partial charge in [0.2, 0.25) is 6.79 Å². The monoisotopic (exact) mass is 298 g/mol. The van der Waals surface area contributed by atoms with Gasteiger partial charge in [-0.1, -0.05) is 6.07 Å². The molecule has 3 heterocycles. The lowest BCUT2D eigenvalue weighted by Crippen LogP contribution is -2.24. The molecule has 22 heavy (non-hydrogen) atoms. The predicted octanol–water partition coefficient (Wildman–Crippen LogP) is 2.43. The lowest BCUT2D eigenvalue weighted by molar-refractivity contribution is 0.0943. The van der Waals surface area contributed by atoms with E-state index in [1.165, 1.54) is 0 Å². The number of carbonyl (C=O) groups excluding carboxylic acids is 1. The topological polar surface area (TPSA) is 65.6 Å². The summed E-state index contributed by atoms with van der Waals surface area (Å²) >= 11 is 0. The van der Waals surface area contributed by atoms with E-state index in [0.29, 0.717) is 23.6 Å². The van der Waals surface area contributed by atoms with Crippen LogP contribution in [-0.2, 0) is 13.6 Å². The Morgan fingerprint density at radius 1 is 1.23 bits per heavy atom. The van der Waals surface area contributed by atoms with Gasteiger partial charge in [-0.25, -0.2) is 0 Å². The minimum Gasteiger partial charge on any atom is -0.463 e. The Balaban J connectivity index is 1.50. The number of benzene rings is 1. The van der Waals surface area contributed by atoms with Crippen LogP contribution in [0.3, 0.4) is 0 Å². The van der Waals surface area contributed by atoms with Gasteiger partial charge in [-0.05, 0) is 17.7 Å². The van der Waals surface area contributed by atoms with Crippen LogP contribution < -0.4 is 14.8 Å². The summed E-state index contributed by atoms with van der Waals surface area (Å²) in [4.78, 5) is 12.3. The van der Waals surface area contributed by atoms with Crippen LogP contribution in [0.25, 0.3) is 11.1 Å².